The van der Waals surface area contributed by atoms with Gasteiger partial charge in [-0.25, -0.2) is 10.9 Å². The molecule has 4 rings (SSSR count). The maximum absolute atomic E-state index is 12.7. The van der Waals surface area contributed by atoms with Gasteiger partial charge < -0.3 is 10.2 Å². The summed E-state index contributed by atoms with van der Waals surface area (Å²) in [4.78, 5) is 26.5. The number of carbonyl (C=O) groups is 2. The van der Waals surface area contributed by atoms with E-state index in [1.165, 1.54) is 0 Å². The second kappa shape index (κ2) is 7.27. The van der Waals surface area contributed by atoms with Crippen LogP contribution in [0, 0.1) is 0 Å². The number of nitrogens with one attached hydrogen (secondary N) is 3. The van der Waals surface area contributed by atoms with Gasteiger partial charge in [0, 0.05) is 19.0 Å². The SMILES string of the molecule is O=C(Nc1ccccc1N1CCCC1=O)C1CC(c2ccccc2)NN1. The second-order valence-electron chi connectivity index (χ2n) is 6.70. The van der Waals surface area contributed by atoms with E-state index >= 15 is 0 Å². The van der Waals surface area contributed by atoms with Crippen molar-refractivity contribution < 1.29 is 9.59 Å². The first-order valence-electron chi connectivity index (χ1n) is 8.98. The van der Waals surface area contributed by atoms with E-state index in [0.717, 1.165) is 17.7 Å². The molecule has 134 valence electrons. The first-order chi connectivity index (χ1) is 12.7. The van der Waals surface area contributed by atoms with Gasteiger partial charge in [-0.2, -0.15) is 0 Å². The minimum absolute atomic E-state index is 0.0994. The topological polar surface area (TPSA) is 73.5 Å². The second-order valence-corrected chi connectivity index (χ2v) is 6.70. The van der Waals surface area contributed by atoms with Crippen molar-refractivity contribution >= 4 is 23.2 Å². The van der Waals surface area contributed by atoms with Gasteiger partial charge in [0.25, 0.3) is 0 Å². The predicted octanol–water partition coefficient (Wildman–Crippen LogP) is 2.36. The maximum atomic E-state index is 12.7. The molecule has 6 heteroatoms. The van der Waals surface area contributed by atoms with Crippen LogP contribution in [-0.4, -0.2) is 24.4 Å². The Hall–Kier alpha value is -2.70. The van der Waals surface area contributed by atoms with Crippen molar-refractivity contribution in [2.75, 3.05) is 16.8 Å². The zero-order chi connectivity index (χ0) is 17.9. The fourth-order valence-corrected chi connectivity index (χ4v) is 3.57. The van der Waals surface area contributed by atoms with Gasteiger partial charge in [-0.3, -0.25) is 9.59 Å². The Morgan fingerprint density at radius 2 is 1.81 bits per heavy atom. The summed E-state index contributed by atoms with van der Waals surface area (Å²) in [5.74, 6) is 0.00604. The van der Waals surface area contributed by atoms with Crippen LogP contribution in [0.5, 0.6) is 0 Å². The lowest BCUT2D eigenvalue weighted by molar-refractivity contribution is -0.118. The molecule has 0 aromatic heterocycles. The van der Waals surface area contributed by atoms with E-state index in [4.69, 9.17) is 0 Å². The van der Waals surface area contributed by atoms with Gasteiger partial charge in [0.05, 0.1) is 11.4 Å². The van der Waals surface area contributed by atoms with Crippen molar-refractivity contribution in [1.29, 1.82) is 0 Å². The Kier molecular flexibility index (Phi) is 4.69. The first-order valence-corrected chi connectivity index (χ1v) is 8.98. The molecule has 2 heterocycles. The van der Waals surface area contributed by atoms with E-state index in [-0.39, 0.29) is 23.9 Å². The summed E-state index contributed by atoms with van der Waals surface area (Å²) in [6.45, 7) is 0.699. The third-order valence-electron chi connectivity index (χ3n) is 4.95. The van der Waals surface area contributed by atoms with Crippen LogP contribution in [0.1, 0.15) is 30.9 Å². The molecule has 0 aliphatic carbocycles. The molecule has 0 bridgehead atoms. The third kappa shape index (κ3) is 3.34. The van der Waals surface area contributed by atoms with E-state index in [2.05, 4.69) is 16.2 Å². The molecule has 3 N–H and O–H groups in total. The average Bonchev–Trinajstić information content (AvgIpc) is 3.32. The molecule has 2 aromatic carbocycles. The lowest BCUT2D eigenvalue weighted by Crippen LogP contribution is -2.40. The average molecular weight is 350 g/mol. The number of rotatable bonds is 4. The van der Waals surface area contributed by atoms with Crippen LogP contribution in [-0.2, 0) is 9.59 Å². The number of hydrogen-bond donors (Lipinski definition) is 3. The smallest absolute Gasteiger partial charge is 0.242 e. The molecule has 2 amide bonds. The van der Waals surface area contributed by atoms with Gasteiger partial charge in [0.15, 0.2) is 0 Å². The van der Waals surface area contributed by atoms with Gasteiger partial charge in [-0.1, -0.05) is 42.5 Å². The lowest BCUT2D eigenvalue weighted by atomic mass is 10.0. The number of hydrogen-bond acceptors (Lipinski definition) is 4. The zero-order valence-corrected chi connectivity index (χ0v) is 14.4. The first kappa shape index (κ1) is 16.8. The highest BCUT2D eigenvalue weighted by atomic mass is 16.2. The van der Waals surface area contributed by atoms with Gasteiger partial charge in [0.1, 0.15) is 6.04 Å². The monoisotopic (exact) mass is 350 g/mol. The Bertz CT molecular complexity index is 808. The van der Waals surface area contributed by atoms with Crippen LogP contribution < -0.4 is 21.1 Å². The molecule has 2 unspecified atom stereocenters. The minimum Gasteiger partial charge on any atom is -0.323 e. The maximum Gasteiger partial charge on any atom is 0.242 e. The molecule has 2 aliphatic heterocycles. The van der Waals surface area contributed by atoms with Crippen molar-refractivity contribution in [3.8, 4) is 0 Å². The number of amides is 2. The Labute approximate surface area is 152 Å². The van der Waals surface area contributed by atoms with Gasteiger partial charge in [-0.15, -0.1) is 0 Å². The third-order valence-corrected chi connectivity index (χ3v) is 4.95. The number of hydrazine groups is 1. The molecule has 2 atom stereocenters. The highest BCUT2D eigenvalue weighted by Gasteiger charge is 2.31. The summed E-state index contributed by atoms with van der Waals surface area (Å²) in [7, 11) is 0. The van der Waals surface area contributed by atoms with Crippen LogP contribution in [0.25, 0.3) is 0 Å². The van der Waals surface area contributed by atoms with Gasteiger partial charge >= 0.3 is 0 Å². The van der Waals surface area contributed by atoms with E-state index in [9.17, 15) is 9.59 Å². The van der Waals surface area contributed by atoms with Crippen molar-refractivity contribution in [3.05, 3.63) is 60.2 Å². The van der Waals surface area contributed by atoms with Crippen LogP contribution in [0.3, 0.4) is 0 Å². The summed E-state index contributed by atoms with van der Waals surface area (Å²) in [5.41, 5.74) is 8.87. The molecule has 0 saturated carbocycles. The minimum atomic E-state index is -0.331. The van der Waals surface area contributed by atoms with Gasteiger partial charge in [-0.05, 0) is 30.5 Å². The fourth-order valence-electron chi connectivity index (χ4n) is 3.57. The number of carbonyl (C=O) groups excluding carboxylic acids is 2. The van der Waals surface area contributed by atoms with Crippen LogP contribution >= 0.6 is 0 Å². The van der Waals surface area contributed by atoms with E-state index in [0.29, 0.717) is 25.1 Å². The highest BCUT2D eigenvalue weighted by Crippen LogP contribution is 2.30. The number of benzene rings is 2. The van der Waals surface area contributed by atoms with Crippen molar-refractivity contribution in [2.24, 2.45) is 0 Å². The highest BCUT2D eigenvalue weighted by molar-refractivity contribution is 6.03. The molecule has 2 aliphatic rings. The number of anilines is 2. The molecular weight excluding hydrogens is 328 g/mol. The number of para-hydroxylation sites is 2. The van der Waals surface area contributed by atoms with Crippen molar-refractivity contribution in [2.45, 2.75) is 31.3 Å². The molecule has 2 fully saturated rings. The molecule has 2 saturated heterocycles. The summed E-state index contributed by atoms with van der Waals surface area (Å²) in [5, 5.41) is 2.99. The Morgan fingerprint density at radius 3 is 2.58 bits per heavy atom. The lowest BCUT2D eigenvalue weighted by Gasteiger charge is -2.20. The standard InChI is InChI=1S/C20H22N4O2/c25-19-11-6-12-24(19)18-10-5-4-9-15(18)21-20(26)17-13-16(22-23-17)14-7-2-1-3-8-14/h1-5,7-10,16-17,22-23H,6,11-13H2,(H,21,26). The summed E-state index contributed by atoms with van der Waals surface area (Å²) in [6.07, 6.45) is 2.09. The summed E-state index contributed by atoms with van der Waals surface area (Å²) < 4.78 is 0. The normalized spacial score (nSPS) is 22.6. The van der Waals surface area contributed by atoms with Crippen LogP contribution in [0.2, 0.25) is 0 Å². The zero-order valence-electron chi connectivity index (χ0n) is 14.4. The Balaban J connectivity index is 1.45. The number of nitrogens with zero attached hydrogens (tertiary/aromatic N) is 1. The summed E-state index contributed by atoms with van der Waals surface area (Å²) >= 11 is 0. The largest absolute Gasteiger partial charge is 0.323 e. The van der Waals surface area contributed by atoms with E-state index in [1.54, 1.807) is 4.90 Å². The molecule has 6 nitrogen and oxygen atoms in total. The van der Waals surface area contributed by atoms with E-state index < -0.39 is 0 Å². The molecule has 26 heavy (non-hydrogen) atoms. The Morgan fingerprint density at radius 1 is 1.04 bits per heavy atom. The quantitative estimate of drug-likeness (QED) is 0.791. The van der Waals surface area contributed by atoms with Crippen molar-refractivity contribution in [1.82, 2.24) is 10.9 Å². The van der Waals surface area contributed by atoms with Crippen LogP contribution in [0.15, 0.2) is 54.6 Å². The summed E-state index contributed by atoms with van der Waals surface area (Å²) in [6, 6.07) is 17.3. The molecule has 0 spiro atoms. The van der Waals surface area contributed by atoms with Gasteiger partial charge in [0.2, 0.25) is 11.8 Å². The fraction of sp³-hybridized carbons (Fsp3) is 0.300. The predicted molar refractivity (Wildman–Crippen MR) is 101 cm³/mol. The molecule has 2 aromatic rings. The van der Waals surface area contributed by atoms with E-state index in [1.807, 2.05) is 54.6 Å². The van der Waals surface area contributed by atoms with Crippen molar-refractivity contribution in [3.63, 3.8) is 0 Å². The van der Waals surface area contributed by atoms with Crippen LogP contribution in [0.4, 0.5) is 11.4 Å². The molecular formula is C20H22N4O2. The molecule has 0 radical (unpaired) electrons.